The van der Waals surface area contributed by atoms with E-state index < -0.39 is 6.09 Å². The van der Waals surface area contributed by atoms with Crippen molar-refractivity contribution in [1.29, 1.82) is 0 Å². The minimum atomic E-state index is -0.481. The van der Waals surface area contributed by atoms with Crippen molar-refractivity contribution < 1.29 is 9.53 Å². The van der Waals surface area contributed by atoms with E-state index in [1.807, 2.05) is 54.6 Å². The Kier molecular flexibility index (Phi) is 6.28. The summed E-state index contributed by atoms with van der Waals surface area (Å²) in [6.45, 7) is 0.142. The van der Waals surface area contributed by atoms with Crippen molar-refractivity contribution in [3.63, 3.8) is 0 Å². The van der Waals surface area contributed by atoms with Crippen molar-refractivity contribution in [2.75, 3.05) is 18.6 Å². The molecule has 138 valence electrons. The molecule has 3 nitrogen and oxygen atoms in total. The molecule has 3 rings (SSSR count). The van der Waals surface area contributed by atoms with E-state index >= 15 is 0 Å². The lowest BCUT2D eigenvalue weighted by Crippen LogP contribution is -2.31. The smallest absolute Gasteiger partial charge is 0.414 e. The molecule has 3 aromatic carbocycles. The highest BCUT2D eigenvalue weighted by Gasteiger charge is 2.17. The third-order valence-electron chi connectivity index (χ3n) is 4.35. The molecule has 3 aromatic rings. The molecule has 3 heteroatoms. The van der Waals surface area contributed by atoms with E-state index in [2.05, 4.69) is 42.3 Å². The van der Waals surface area contributed by atoms with Crippen molar-refractivity contribution in [3.8, 4) is 23.5 Å². The number of ether oxygens (including phenoxy) is 1. The molecule has 0 heterocycles. The maximum absolute atomic E-state index is 12.1. The van der Waals surface area contributed by atoms with Crippen LogP contribution in [0.5, 0.6) is 0 Å². The van der Waals surface area contributed by atoms with Gasteiger partial charge < -0.3 is 4.74 Å². The summed E-state index contributed by atoms with van der Waals surface area (Å²) in [5, 5.41) is 0. The maximum atomic E-state index is 12.1. The van der Waals surface area contributed by atoms with Crippen LogP contribution in [0.2, 0.25) is 0 Å². The Morgan fingerprint density at radius 1 is 0.929 bits per heavy atom. The number of nitrogens with zero attached hydrogens (tertiary/aromatic N) is 1. The highest BCUT2D eigenvalue weighted by Crippen LogP contribution is 2.24. The van der Waals surface area contributed by atoms with Gasteiger partial charge in [-0.2, -0.15) is 0 Å². The van der Waals surface area contributed by atoms with Gasteiger partial charge in [0.15, 0.2) is 0 Å². The average molecular weight is 367 g/mol. The van der Waals surface area contributed by atoms with Crippen molar-refractivity contribution in [2.45, 2.75) is 0 Å². The third-order valence-corrected chi connectivity index (χ3v) is 4.35. The standard InChI is InChI=1S/C25H21NO2/c1-3-19-26(25(27)28-2)24-12-8-7-11-23(24)18-15-20-13-16-22(17-14-20)21-9-5-4-6-10-21/h1,4-18H,19H2,2H3. The summed E-state index contributed by atoms with van der Waals surface area (Å²) in [6, 6.07) is 26.2. The van der Waals surface area contributed by atoms with E-state index in [0.29, 0.717) is 5.69 Å². The molecule has 0 aliphatic rings. The first-order chi connectivity index (χ1) is 13.7. The van der Waals surface area contributed by atoms with Crippen molar-refractivity contribution in [1.82, 2.24) is 0 Å². The molecule has 0 spiro atoms. The number of hydrogen-bond donors (Lipinski definition) is 0. The van der Waals surface area contributed by atoms with Crippen molar-refractivity contribution >= 4 is 23.9 Å². The Bertz CT molecular complexity index is 999. The second kappa shape index (κ2) is 9.25. The number of benzene rings is 3. The number of anilines is 1. The second-order valence-corrected chi connectivity index (χ2v) is 6.14. The fourth-order valence-corrected chi connectivity index (χ4v) is 2.93. The number of para-hydroxylation sites is 1. The zero-order valence-electron chi connectivity index (χ0n) is 15.7. The van der Waals surface area contributed by atoms with Crippen LogP contribution in [0.3, 0.4) is 0 Å². The molecule has 1 amide bonds. The highest BCUT2D eigenvalue weighted by molar-refractivity contribution is 5.92. The Morgan fingerprint density at radius 3 is 2.25 bits per heavy atom. The summed E-state index contributed by atoms with van der Waals surface area (Å²) in [4.78, 5) is 13.5. The van der Waals surface area contributed by atoms with Crippen LogP contribution in [-0.4, -0.2) is 19.7 Å². The average Bonchev–Trinajstić information content (AvgIpc) is 2.77. The number of hydrogen-bond acceptors (Lipinski definition) is 2. The zero-order chi connectivity index (χ0) is 19.8. The molecule has 28 heavy (non-hydrogen) atoms. The quantitative estimate of drug-likeness (QED) is 0.426. The van der Waals surface area contributed by atoms with Crippen LogP contribution >= 0.6 is 0 Å². The van der Waals surface area contributed by atoms with Gasteiger partial charge in [-0.15, -0.1) is 6.42 Å². The van der Waals surface area contributed by atoms with Gasteiger partial charge in [-0.25, -0.2) is 4.79 Å². The molecule has 0 radical (unpaired) electrons. The molecule has 0 bridgehead atoms. The predicted octanol–water partition coefficient (Wildman–Crippen LogP) is 5.73. The van der Waals surface area contributed by atoms with Crippen molar-refractivity contribution in [2.24, 2.45) is 0 Å². The van der Waals surface area contributed by atoms with Gasteiger partial charge in [0.05, 0.1) is 19.3 Å². The molecule has 0 aromatic heterocycles. The summed E-state index contributed by atoms with van der Waals surface area (Å²) in [6.07, 6.45) is 8.92. The lowest BCUT2D eigenvalue weighted by molar-refractivity contribution is 0.179. The molecule has 0 aliphatic heterocycles. The van der Waals surface area contributed by atoms with Crippen molar-refractivity contribution in [3.05, 3.63) is 90.0 Å². The maximum Gasteiger partial charge on any atom is 0.414 e. The monoisotopic (exact) mass is 367 g/mol. The van der Waals surface area contributed by atoms with Crippen LogP contribution in [0.25, 0.3) is 23.3 Å². The zero-order valence-corrected chi connectivity index (χ0v) is 15.7. The van der Waals surface area contributed by atoms with Gasteiger partial charge in [0.1, 0.15) is 0 Å². The Labute approximate surface area is 165 Å². The van der Waals surface area contributed by atoms with Crippen LogP contribution in [-0.2, 0) is 4.74 Å². The molecule has 0 unspecified atom stereocenters. The lowest BCUT2D eigenvalue weighted by atomic mass is 10.0. The van der Waals surface area contributed by atoms with Crippen LogP contribution in [0, 0.1) is 12.3 Å². The predicted molar refractivity (Wildman–Crippen MR) is 116 cm³/mol. The number of carbonyl (C=O) groups excluding carboxylic acids is 1. The first-order valence-electron chi connectivity index (χ1n) is 8.94. The topological polar surface area (TPSA) is 29.5 Å². The minimum Gasteiger partial charge on any atom is -0.452 e. The Hall–Kier alpha value is -3.77. The fraction of sp³-hybridized carbons (Fsp3) is 0.0800. The Balaban J connectivity index is 1.85. The largest absolute Gasteiger partial charge is 0.452 e. The van der Waals surface area contributed by atoms with Gasteiger partial charge in [-0.05, 0) is 28.3 Å². The van der Waals surface area contributed by atoms with E-state index in [0.717, 1.165) is 11.1 Å². The Morgan fingerprint density at radius 2 is 1.57 bits per heavy atom. The van der Waals surface area contributed by atoms with E-state index in [-0.39, 0.29) is 6.54 Å². The molecule has 0 aliphatic carbocycles. The van der Waals surface area contributed by atoms with Crippen LogP contribution in [0.4, 0.5) is 10.5 Å². The van der Waals surface area contributed by atoms with Gasteiger partial charge in [0.25, 0.3) is 0 Å². The number of methoxy groups -OCH3 is 1. The normalized spacial score (nSPS) is 10.4. The molecular formula is C25H21NO2. The number of carbonyl (C=O) groups is 1. The van der Waals surface area contributed by atoms with E-state index in [1.165, 1.54) is 23.1 Å². The number of amides is 1. The summed E-state index contributed by atoms with van der Waals surface area (Å²) >= 11 is 0. The molecule has 0 saturated carbocycles. The highest BCUT2D eigenvalue weighted by atomic mass is 16.5. The fourth-order valence-electron chi connectivity index (χ4n) is 2.93. The summed E-state index contributed by atoms with van der Waals surface area (Å²) < 4.78 is 4.86. The SMILES string of the molecule is C#CCN(C(=O)OC)c1ccccc1C=Cc1ccc(-c2ccccc2)cc1. The van der Waals surface area contributed by atoms with Crippen LogP contribution < -0.4 is 4.90 Å². The molecule has 0 fully saturated rings. The third kappa shape index (κ3) is 4.49. The van der Waals surface area contributed by atoms with Crippen LogP contribution in [0.15, 0.2) is 78.9 Å². The number of rotatable bonds is 5. The lowest BCUT2D eigenvalue weighted by Gasteiger charge is -2.20. The molecular weight excluding hydrogens is 346 g/mol. The van der Waals surface area contributed by atoms with Gasteiger partial charge in [-0.3, -0.25) is 4.90 Å². The van der Waals surface area contributed by atoms with Gasteiger partial charge in [0, 0.05) is 0 Å². The summed E-state index contributed by atoms with van der Waals surface area (Å²) in [5.74, 6) is 2.51. The summed E-state index contributed by atoms with van der Waals surface area (Å²) in [7, 11) is 1.35. The van der Waals surface area contributed by atoms with E-state index in [4.69, 9.17) is 11.2 Å². The van der Waals surface area contributed by atoms with Gasteiger partial charge in [-0.1, -0.05) is 90.9 Å². The second-order valence-electron chi connectivity index (χ2n) is 6.14. The van der Waals surface area contributed by atoms with E-state index in [9.17, 15) is 4.79 Å². The minimum absolute atomic E-state index is 0.142. The van der Waals surface area contributed by atoms with Gasteiger partial charge >= 0.3 is 6.09 Å². The van der Waals surface area contributed by atoms with Gasteiger partial charge in [0.2, 0.25) is 0 Å². The molecule has 0 N–H and O–H groups in total. The van der Waals surface area contributed by atoms with E-state index in [1.54, 1.807) is 0 Å². The number of terminal acetylenes is 1. The molecule has 0 atom stereocenters. The van der Waals surface area contributed by atoms with Crippen LogP contribution in [0.1, 0.15) is 11.1 Å². The molecule has 0 saturated heterocycles. The first kappa shape index (κ1) is 19.0. The summed E-state index contributed by atoms with van der Waals surface area (Å²) in [5.41, 5.74) is 5.02. The first-order valence-corrected chi connectivity index (χ1v) is 8.94.